The van der Waals surface area contributed by atoms with Crippen molar-refractivity contribution in [2.75, 3.05) is 13.2 Å². The van der Waals surface area contributed by atoms with Crippen LogP contribution in [0.5, 0.6) is 0 Å². The van der Waals surface area contributed by atoms with Crippen LogP contribution in [-0.2, 0) is 10.2 Å². The Morgan fingerprint density at radius 3 is 2.48 bits per heavy atom. The zero-order chi connectivity index (χ0) is 15.9. The van der Waals surface area contributed by atoms with Crippen LogP contribution in [0.2, 0.25) is 0 Å². The molecule has 1 N–H and O–H groups in total. The molecule has 0 fully saturated rings. The lowest BCUT2D eigenvalue weighted by Crippen LogP contribution is -2.39. The van der Waals surface area contributed by atoms with Crippen molar-refractivity contribution in [1.29, 1.82) is 5.26 Å². The first kappa shape index (κ1) is 16.4. The molecule has 0 saturated carbocycles. The molecule has 1 unspecified atom stereocenters. The fraction of sp³-hybridized carbons (Fsp3) is 0.429. The lowest BCUT2D eigenvalue weighted by Gasteiger charge is -2.25. The van der Waals surface area contributed by atoms with Crippen LogP contribution >= 0.6 is 0 Å². The molecule has 7 heteroatoms. The predicted molar refractivity (Wildman–Crippen MR) is 75.7 cm³/mol. The Kier molecular flexibility index (Phi) is 5.67. The Labute approximate surface area is 122 Å². The normalized spacial score (nSPS) is 12.8. The molecule has 0 bridgehead atoms. The lowest BCUT2D eigenvalue weighted by molar-refractivity contribution is -0.384. The van der Waals surface area contributed by atoms with Gasteiger partial charge in [0.1, 0.15) is 0 Å². The molecule has 21 heavy (non-hydrogen) atoms. The van der Waals surface area contributed by atoms with Crippen LogP contribution in [0.25, 0.3) is 0 Å². The van der Waals surface area contributed by atoms with E-state index in [2.05, 4.69) is 11.4 Å². The Balaban J connectivity index is 2.96. The van der Waals surface area contributed by atoms with Crippen molar-refractivity contribution in [3.05, 3.63) is 39.9 Å². The molecule has 7 nitrogen and oxygen atoms in total. The third kappa shape index (κ3) is 3.92. The zero-order valence-electron chi connectivity index (χ0n) is 12.0. The van der Waals surface area contributed by atoms with Gasteiger partial charge in [0.25, 0.3) is 5.69 Å². The standard InChI is InChI=1S/C14H17N3O4/c1-3-14(9-15,10-16-13(18)21-4-2)11-5-7-12(8-6-11)17(19)20/h5-8H,3-4,10H2,1-2H3,(H,16,18). The number of ether oxygens (including phenoxy) is 1. The molecule has 1 amide bonds. The van der Waals surface area contributed by atoms with Gasteiger partial charge in [-0.15, -0.1) is 0 Å². The van der Waals surface area contributed by atoms with E-state index in [4.69, 9.17) is 4.74 Å². The summed E-state index contributed by atoms with van der Waals surface area (Å²) in [5, 5.41) is 22.7. The number of non-ortho nitro benzene ring substituents is 1. The van der Waals surface area contributed by atoms with Crippen molar-refractivity contribution in [2.24, 2.45) is 0 Å². The molecular weight excluding hydrogens is 274 g/mol. The van der Waals surface area contributed by atoms with Crippen LogP contribution in [0.3, 0.4) is 0 Å². The van der Waals surface area contributed by atoms with Gasteiger partial charge in [-0.1, -0.05) is 19.1 Å². The Morgan fingerprint density at radius 2 is 2.05 bits per heavy atom. The number of hydrogen-bond acceptors (Lipinski definition) is 5. The smallest absolute Gasteiger partial charge is 0.407 e. The third-order valence-corrected chi connectivity index (χ3v) is 3.26. The van der Waals surface area contributed by atoms with Crippen LogP contribution in [-0.4, -0.2) is 24.2 Å². The van der Waals surface area contributed by atoms with E-state index >= 15 is 0 Å². The number of nitro benzene ring substituents is 1. The van der Waals surface area contributed by atoms with E-state index in [0.29, 0.717) is 12.0 Å². The van der Waals surface area contributed by atoms with Gasteiger partial charge in [-0.2, -0.15) is 5.26 Å². The van der Waals surface area contributed by atoms with Gasteiger partial charge in [0.05, 0.1) is 23.0 Å². The largest absolute Gasteiger partial charge is 0.450 e. The van der Waals surface area contributed by atoms with Crippen LogP contribution < -0.4 is 5.32 Å². The second kappa shape index (κ2) is 7.24. The lowest BCUT2D eigenvalue weighted by atomic mass is 9.79. The molecule has 0 aliphatic heterocycles. The quantitative estimate of drug-likeness (QED) is 0.640. The minimum atomic E-state index is -0.943. The Bertz CT molecular complexity index is 550. The highest BCUT2D eigenvalue weighted by Gasteiger charge is 2.31. The van der Waals surface area contributed by atoms with Gasteiger partial charge < -0.3 is 10.1 Å². The maximum Gasteiger partial charge on any atom is 0.407 e. The van der Waals surface area contributed by atoms with Crippen molar-refractivity contribution in [3.63, 3.8) is 0 Å². The van der Waals surface area contributed by atoms with Gasteiger partial charge in [0.2, 0.25) is 0 Å². The number of nitrogens with one attached hydrogen (secondary N) is 1. The number of nitriles is 1. The molecule has 0 aliphatic carbocycles. The Morgan fingerprint density at radius 1 is 1.43 bits per heavy atom. The molecular formula is C14H17N3O4. The highest BCUT2D eigenvalue weighted by molar-refractivity contribution is 5.67. The average Bonchev–Trinajstić information content (AvgIpc) is 2.49. The first-order valence-electron chi connectivity index (χ1n) is 6.56. The van der Waals surface area contributed by atoms with Gasteiger partial charge in [0.15, 0.2) is 0 Å². The maximum absolute atomic E-state index is 11.4. The molecule has 0 saturated heterocycles. The summed E-state index contributed by atoms with van der Waals surface area (Å²) >= 11 is 0. The summed E-state index contributed by atoms with van der Waals surface area (Å²) in [6, 6.07) is 7.96. The first-order chi connectivity index (χ1) is 9.99. The highest BCUT2D eigenvalue weighted by atomic mass is 16.6. The summed E-state index contributed by atoms with van der Waals surface area (Å²) in [5.41, 5.74) is -0.364. The molecule has 1 aromatic rings. The van der Waals surface area contributed by atoms with Crippen LogP contribution in [0.4, 0.5) is 10.5 Å². The number of nitro groups is 1. The van der Waals surface area contributed by atoms with E-state index in [1.807, 2.05) is 6.92 Å². The maximum atomic E-state index is 11.4. The zero-order valence-corrected chi connectivity index (χ0v) is 12.0. The number of carbonyl (C=O) groups excluding carboxylic acids is 1. The third-order valence-electron chi connectivity index (χ3n) is 3.26. The Hall–Kier alpha value is -2.62. The molecule has 112 valence electrons. The minimum absolute atomic E-state index is 0.0416. The molecule has 0 spiro atoms. The van der Waals surface area contributed by atoms with Crippen molar-refractivity contribution >= 4 is 11.8 Å². The van der Waals surface area contributed by atoms with Gasteiger partial charge in [-0.3, -0.25) is 10.1 Å². The molecule has 0 aliphatic rings. The number of nitrogens with zero attached hydrogens (tertiary/aromatic N) is 2. The molecule has 0 heterocycles. The minimum Gasteiger partial charge on any atom is -0.450 e. The van der Waals surface area contributed by atoms with E-state index < -0.39 is 16.4 Å². The van der Waals surface area contributed by atoms with Gasteiger partial charge in [-0.25, -0.2) is 4.79 Å². The van der Waals surface area contributed by atoms with Gasteiger partial charge >= 0.3 is 6.09 Å². The average molecular weight is 291 g/mol. The fourth-order valence-corrected chi connectivity index (χ4v) is 1.92. The van der Waals surface area contributed by atoms with Crippen LogP contribution in [0, 0.1) is 21.4 Å². The van der Waals surface area contributed by atoms with Crippen LogP contribution in [0.1, 0.15) is 25.8 Å². The molecule has 0 aromatic heterocycles. The predicted octanol–water partition coefficient (Wildman–Crippen LogP) is 2.51. The second-order valence-electron chi connectivity index (χ2n) is 4.43. The van der Waals surface area contributed by atoms with Crippen molar-refractivity contribution in [1.82, 2.24) is 5.32 Å². The van der Waals surface area contributed by atoms with Crippen molar-refractivity contribution in [3.8, 4) is 6.07 Å². The number of rotatable bonds is 6. The van der Waals surface area contributed by atoms with E-state index in [1.165, 1.54) is 24.3 Å². The van der Waals surface area contributed by atoms with Crippen LogP contribution in [0.15, 0.2) is 24.3 Å². The molecule has 1 atom stereocenters. The van der Waals surface area contributed by atoms with E-state index in [9.17, 15) is 20.2 Å². The highest BCUT2D eigenvalue weighted by Crippen LogP contribution is 2.28. The first-order valence-corrected chi connectivity index (χ1v) is 6.56. The summed E-state index contributed by atoms with van der Waals surface area (Å²) < 4.78 is 4.76. The molecule has 1 aromatic carbocycles. The summed E-state index contributed by atoms with van der Waals surface area (Å²) in [6.45, 7) is 3.83. The van der Waals surface area contributed by atoms with Gasteiger partial charge in [-0.05, 0) is 18.9 Å². The SMILES string of the molecule is CCOC(=O)NCC(C#N)(CC)c1ccc([N+](=O)[O-])cc1. The number of carbonyl (C=O) groups is 1. The number of hydrogen-bond donors (Lipinski definition) is 1. The summed E-state index contributed by atoms with van der Waals surface area (Å²) in [7, 11) is 0. The second-order valence-corrected chi connectivity index (χ2v) is 4.43. The van der Waals surface area contributed by atoms with E-state index in [1.54, 1.807) is 6.92 Å². The summed E-state index contributed by atoms with van der Waals surface area (Å²) in [5.74, 6) is 0. The topological polar surface area (TPSA) is 105 Å². The van der Waals surface area contributed by atoms with Crippen molar-refractivity contribution in [2.45, 2.75) is 25.7 Å². The summed E-state index contributed by atoms with van der Waals surface area (Å²) in [4.78, 5) is 21.5. The summed E-state index contributed by atoms with van der Waals surface area (Å²) in [6.07, 6.45) is -0.138. The fourth-order valence-electron chi connectivity index (χ4n) is 1.92. The molecule has 0 radical (unpaired) electrons. The number of alkyl carbamates (subject to hydrolysis) is 1. The van der Waals surface area contributed by atoms with E-state index in [-0.39, 0.29) is 18.8 Å². The number of amides is 1. The van der Waals surface area contributed by atoms with Gasteiger partial charge in [0, 0.05) is 18.7 Å². The molecule has 1 rings (SSSR count). The van der Waals surface area contributed by atoms with Crippen molar-refractivity contribution < 1.29 is 14.5 Å². The van der Waals surface area contributed by atoms with E-state index in [0.717, 1.165) is 0 Å². The monoisotopic (exact) mass is 291 g/mol. The number of benzene rings is 1.